The van der Waals surface area contributed by atoms with E-state index in [0.29, 0.717) is 5.69 Å². The van der Waals surface area contributed by atoms with Gasteiger partial charge in [-0.3, -0.25) is 0 Å². The fourth-order valence-electron chi connectivity index (χ4n) is 2.04. The van der Waals surface area contributed by atoms with E-state index in [4.69, 9.17) is 5.11 Å². The fraction of sp³-hybridized carbons (Fsp3) is 0.500. The maximum Gasteiger partial charge on any atom is 0.348 e. The standard InChI is InChI=1S/C12H16N2O3S/c15-11(16)10-9(5-8-18-10)13-12(17)14-6-3-1-2-4-7-14/h5,8H,1-4,6-7H2,(H,13,17)(H,15,16). The van der Waals surface area contributed by atoms with Crippen LogP contribution in [0, 0.1) is 0 Å². The molecule has 2 heterocycles. The lowest BCUT2D eigenvalue weighted by molar-refractivity contribution is 0.0703. The Morgan fingerprint density at radius 2 is 1.89 bits per heavy atom. The number of nitrogens with one attached hydrogen (secondary N) is 1. The first-order chi connectivity index (χ1) is 8.68. The Hall–Kier alpha value is -1.56. The topological polar surface area (TPSA) is 69.6 Å². The van der Waals surface area contributed by atoms with E-state index in [1.165, 1.54) is 0 Å². The van der Waals surface area contributed by atoms with Gasteiger partial charge in [0.2, 0.25) is 0 Å². The summed E-state index contributed by atoms with van der Waals surface area (Å²) >= 11 is 1.12. The van der Waals surface area contributed by atoms with Crippen LogP contribution in [0.3, 0.4) is 0 Å². The number of urea groups is 1. The first kappa shape index (κ1) is 12.9. The molecule has 2 N–H and O–H groups in total. The van der Waals surface area contributed by atoms with Crippen molar-refractivity contribution in [2.45, 2.75) is 25.7 Å². The van der Waals surface area contributed by atoms with Gasteiger partial charge in [0.05, 0.1) is 5.69 Å². The molecule has 6 heteroatoms. The third kappa shape index (κ3) is 3.01. The summed E-state index contributed by atoms with van der Waals surface area (Å²) in [5.74, 6) is -1.00. The first-order valence-electron chi connectivity index (χ1n) is 6.05. The molecule has 1 aliphatic heterocycles. The number of likely N-dealkylation sites (tertiary alicyclic amines) is 1. The molecule has 1 aromatic heterocycles. The van der Waals surface area contributed by atoms with Crippen molar-refractivity contribution < 1.29 is 14.7 Å². The monoisotopic (exact) mass is 268 g/mol. The van der Waals surface area contributed by atoms with Crippen molar-refractivity contribution in [3.63, 3.8) is 0 Å². The SMILES string of the molecule is O=C(O)c1sccc1NC(=O)N1CCCCCC1. The number of carboxylic acid groups (broad SMARTS) is 1. The minimum Gasteiger partial charge on any atom is -0.477 e. The molecule has 5 nitrogen and oxygen atoms in total. The summed E-state index contributed by atoms with van der Waals surface area (Å²) in [5, 5.41) is 13.3. The number of hydrogen-bond acceptors (Lipinski definition) is 3. The van der Waals surface area contributed by atoms with Gasteiger partial charge in [-0.2, -0.15) is 0 Å². The Morgan fingerprint density at radius 1 is 1.22 bits per heavy atom. The number of carbonyl (C=O) groups is 2. The number of hydrogen-bond donors (Lipinski definition) is 2. The second-order valence-corrected chi connectivity index (χ2v) is 5.22. The molecule has 0 saturated carbocycles. The second kappa shape index (κ2) is 5.86. The van der Waals surface area contributed by atoms with Gasteiger partial charge in [0.15, 0.2) is 0 Å². The molecule has 1 fully saturated rings. The van der Waals surface area contributed by atoms with Crippen LogP contribution in [0.4, 0.5) is 10.5 Å². The molecule has 0 unspecified atom stereocenters. The summed E-state index contributed by atoms with van der Waals surface area (Å²) < 4.78 is 0. The maximum absolute atomic E-state index is 12.0. The average Bonchev–Trinajstić information content (AvgIpc) is 2.63. The number of amides is 2. The number of anilines is 1. The van der Waals surface area contributed by atoms with E-state index >= 15 is 0 Å². The van der Waals surface area contributed by atoms with Gasteiger partial charge >= 0.3 is 12.0 Å². The Kier molecular flexibility index (Phi) is 4.19. The van der Waals surface area contributed by atoms with Gasteiger partial charge in [0, 0.05) is 13.1 Å². The predicted octanol–water partition coefficient (Wildman–Crippen LogP) is 2.85. The summed E-state index contributed by atoms with van der Waals surface area (Å²) in [5.41, 5.74) is 0.391. The van der Waals surface area contributed by atoms with Gasteiger partial charge in [0.1, 0.15) is 4.88 Å². The molecule has 1 aromatic rings. The molecular formula is C12H16N2O3S. The highest BCUT2D eigenvalue weighted by atomic mass is 32.1. The molecule has 1 saturated heterocycles. The number of nitrogens with zero attached hydrogens (tertiary/aromatic N) is 1. The summed E-state index contributed by atoms with van der Waals surface area (Å²) in [6.45, 7) is 1.50. The number of rotatable bonds is 2. The Labute approximate surface area is 109 Å². The van der Waals surface area contributed by atoms with Crippen LogP contribution in [0.5, 0.6) is 0 Å². The maximum atomic E-state index is 12.0. The molecule has 0 aliphatic carbocycles. The smallest absolute Gasteiger partial charge is 0.348 e. The van der Waals surface area contributed by atoms with Crippen molar-refractivity contribution in [3.05, 3.63) is 16.3 Å². The van der Waals surface area contributed by atoms with E-state index < -0.39 is 5.97 Å². The van der Waals surface area contributed by atoms with Gasteiger partial charge < -0.3 is 15.3 Å². The quantitative estimate of drug-likeness (QED) is 0.866. The third-order valence-electron chi connectivity index (χ3n) is 2.99. The number of thiophene rings is 1. The Morgan fingerprint density at radius 3 is 2.50 bits per heavy atom. The van der Waals surface area contributed by atoms with Crippen molar-refractivity contribution >= 4 is 29.0 Å². The highest BCUT2D eigenvalue weighted by molar-refractivity contribution is 7.12. The lowest BCUT2D eigenvalue weighted by atomic mass is 10.2. The molecule has 1 aliphatic rings. The highest BCUT2D eigenvalue weighted by Gasteiger charge is 2.18. The van der Waals surface area contributed by atoms with E-state index in [2.05, 4.69) is 5.32 Å². The Bertz CT molecular complexity index is 436. The molecule has 0 aromatic carbocycles. The summed E-state index contributed by atoms with van der Waals surface area (Å²) in [7, 11) is 0. The minimum absolute atomic E-state index is 0.179. The van der Waals surface area contributed by atoms with Crippen LogP contribution in [-0.4, -0.2) is 35.1 Å². The molecule has 0 radical (unpaired) electrons. The van der Waals surface area contributed by atoms with E-state index in [1.807, 2.05) is 0 Å². The van der Waals surface area contributed by atoms with Gasteiger partial charge in [-0.15, -0.1) is 11.3 Å². The molecule has 18 heavy (non-hydrogen) atoms. The van der Waals surface area contributed by atoms with Crippen LogP contribution in [0.15, 0.2) is 11.4 Å². The molecule has 98 valence electrons. The largest absolute Gasteiger partial charge is 0.477 e. The van der Waals surface area contributed by atoms with Crippen LogP contribution in [0.2, 0.25) is 0 Å². The van der Waals surface area contributed by atoms with Gasteiger partial charge in [0.25, 0.3) is 0 Å². The van der Waals surface area contributed by atoms with Gasteiger partial charge in [-0.05, 0) is 24.3 Å². The van der Waals surface area contributed by atoms with Crippen molar-refractivity contribution in [3.8, 4) is 0 Å². The van der Waals surface area contributed by atoms with Crippen molar-refractivity contribution in [1.29, 1.82) is 0 Å². The highest BCUT2D eigenvalue weighted by Crippen LogP contribution is 2.22. The van der Waals surface area contributed by atoms with Gasteiger partial charge in [-0.1, -0.05) is 12.8 Å². The van der Waals surface area contributed by atoms with E-state index in [1.54, 1.807) is 16.3 Å². The predicted molar refractivity (Wildman–Crippen MR) is 70.3 cm³/mol. The number of aromatic carboxylic acids is 1. The van der Waals surface area contributed by atoms with E-state index in [0.717, 1.165) is 50.1 Å². The van der Waals surface area contributed by atoms with Crippen LogP contribution < -0.4 is 5.32 Å². The van der Waals surface area contributed by atoms with Crippen LogP contribution in [0.25, 0.3) is 0 Å². The summed E-state index contributed by atoms with van der Waals surface area (Å²) in [6.07, 6.45) is 4.34. The number of carboxylic acids is 1. The molecule has 0 bridgehead atoms. The van der Waals surface area contributed by atoms with Crippen LogP contribution in [0.1, 0.15) is 35.4 Å². The van der Waals surface area contributed by atoms with Crippen LogP contribution in [-0.2, 0) is 0 Å². The van der Waals surface area contributed by atoms with E-state index in [9.17, 15) is 9.59 Å². The van der Waals surface area contributed by atoms with Crippen LogP contribution >= 0.6 is 11.3 Å². The first-order valence-corrected chi connectivity index (χ1v) is 6.93. The third-order valence-corrected chi connectivity index (χ3v) is 3.90. The lowest BCUT2D eigenvalue weighted by Crippen LogP contribution is -2.35. The second-order valence-electron chi connectivity index (χ2n) is 4.30. The molecule has 2 amide bonds. The summed E-state index contributed by atoms with van der Waals surface area (Å²) in [4.78, 5) is 24.9. The van der Waals surface area contributed by atoms with Crippen molar-refractivity contribution in [2.24, 2.45) is 0 Å². The van der Waals surface area contributed by atoms with E-state index in [-0.39, 0.29) is 10.9 Å². The molecular weight excluding hydrogens is 252 g/mol. The zero-order valence-electron chi connectivity index (χ0n) is 10.0. The lowest BCUT2D eigenvalue weighted by Gasteiger charge is -2.20. The zero-order chi connectivity index (χ0) is 13.0. The minimum atomic E-state index is -1.00. The summed E-state index contributed by atoms with van der Waals surface area (Å²) in [6, 6.07) is 1.43. The normalized spacial score (nSPS) is 16.1. The van der Waals surface area contributed by atoms with Crippen molar-refractivity contribution in [2.75, 3.05) is 18.4 Å². The van der Waals surface area contributed by atoms with Crippen molar-refractivity contribution in [1.82, 2.24) is 4.90 Å². The van der Waals surface area contributed by atoms with Gasteiger partial charge in [-0.25, -0.2) is 9.59 Å². The fourth-order valence-corrected chi connectivity index (χ4v) is 2.73. The zero-order valence-corrected chi connectivity index (χ0v) is 10.8. The Balaban J connectivity index is 2.01. The molecule has 2 rings (SSSR count). The molecule has 0 atom stereocenters. The molecule has 0 spiro atoms. The average molecular weight is 268 g/mol. The number of carbonyl (C=O) groups excluding carboxylic acids is 1.